The summed E-state index contributed by atoms with van der Waals surface area (Å²) in [5, 5.41) is 0. The SMILES string of the molecule is C[O][AlH2].Cc1cccc(C)c1.[Cl-].[Cl-].[Mg+2]. The molecule has 0 N–H and O–H groups in total. The summed E-state index contributed by atoms with van der Waals surface area (Å²) >= 11 is 0.869. The Bertz CT molecular complexity index is 195. The molecule has 0 radical (unpaired) electrons. The molecule has 0 spiro atoms. The molecule has 0 unspecified atom stereocenters. The van der Waals surface area contributed by atoms with Gasteiger partial charge in [-0.3, -0.25) is 0 Å². The van der Waals surface area contributed by atoms with Gasteiger partial charge in [-0.25, -0.2) is 0 Å². The van der Waals surface area contributed by atoms with Gasteiger partial charge in [-0.2, -0.15) is 0 Å². The summed E-state index contributed by atoms with van der Waals surface area (Å²) in [5.74, 6) is 0. The van der Waals surface area contributed by atoms with Crippen LogP contribution >= 0.6 is 0 Å². The molecular formula is C9H15AlCl2MgO. The molecule has 0 saturated carbocycles. The fourth-order valence-corrected chi connectivity index (χ4v) is 0.807. The zero-order chi connectivity index (χ0) is 8.69. The summed E-state index contributed by atoms with van der Waals surface area (Å²) in [4.78, 5) is 0. The van der Waals surface area contributed by atoms with Gasteiger partial charge in [0.25, 0.3) is 0 Å². The molecule has 1 aromatic carbocycles. The van der Waals surface area contributed by atoms with Crippen LogP contribution in [0.25, 0.3) is 0 Å². The van der Waals surface area contributed by atoms with E-state index >= 15 is 0 Å². The summed E-state index contributed by atoms with van der Waals surface area (Å²) < 4.78 is 4.39. The molecule has 0 aliphatic carbocycles. The largest absolute Gasteiger partial charge is 2.00 e. The minimum Gasteiger partial charge on any atom is -1.00 e. The van der Waals surface area contributed by atoms with Crippen LogP contribution in [0.4, 0.5) is 0 Å². The van der Waals surface area contributed by atoms with Crippen LogP contribution in [0.15, 0.2) is 24.3 Å². The van der Waals surface area contributed by atoms with E-state index in [1.807, 2.05) is 0 Å². The maximum atomic E-state index is 4.39. The standard InChI is InChI=1S/C8H10.CH3O.Al.2ClH.Mg.2H/c1-7-4-3-5-8(2)6-7;1-2;;;;;;/h3-6H,1-2H3;1H3;;2*1H;;;/q;-1;+1;;;+2;;/p-2. The second kappa shape index (κ2) is 16.5. The van der Waals surface area contributed by atoms with Gasteiger partial charge in [0.15, 0.2) is 0 Å². The Kier molecular flexibility index (Phi) is 28.7. The Hall–Kier alpha value is 1.06. The van der Waals surface area contributed by atoms with Crippen LogP contribution in [0.5, 0.6) is 0 Å². The predicted molar refractivity (Wildman–Crippen MR) is 57.2 cm³/mol. The van der Waals surface area contributed by atoms with Gasteiger partial charge < -0.3 is 28.6 Å². The third-order valence-electron chi connectivity index (χ3n) is 1.17. The van der Waals surface area contributed by atoms with Crippen molar-refractivity contribution in [3.63, 3.8) is 0 Å². The number of aryl methyl sites for hydroxylation is 2. The van der Waals surface area contributed by atoms with Crippen molar-refractivity contribution in [2.45, 2.75) is 13.8 Å². The molecular weight excluding hydrogens is 246 g/mol. The number of halogens is 2. The van der Waals surface area contributed by atoms with Gasteiger partial charge in [0, 0.05) is 7.11 Å². The first kappa shape index (κ1) is 24.3. The summed E-state index contributed by atoms with van der Waals surface area (Å²) in [6, 6.07) is 8.45. The summed E-state index contributed by atoms with van der Waals surface area (Å²) in [7, 11) is 1.69. The van der Waals surface area contributed by atoms with Crippen LogP contribution in [0, 0.1) is 13.8 Å². The first-order chi connectivity index (χ1) is 5.20. The van der Waals surface area contributed by atoms with Crippen LogP contribution in [0.1, 0.15) is 11.1 Å². The average molecular weight is 261 g/mol. The van der Waals surface area contributed by atoms with E-state index in [1.54, 1.807) is 7.11 Å². The molecule has 1 nitrogen and oxygen atoms in total. The van der Waals surface area contributed by atoms with Crippen molar-refractivity contribution >= 4 is 39.7 Å². The van der Waals surface area contributed by atoms with Crippen molar-refractivity contribution in [3.8, 4) is 0 Å². The second-order valence-corrected chi connectivity index (χ2v) is 3.38. The van der Waals surface area contributed by atoms with Crippen LogP contribution < -0.4 is 24.8 Å². The molecule has 0 fully saturated rings. The van der Waals surface area contributed by atoms with Crippen molar-refractivity contribution in [1.29, 1.82) is 0 Å². The maximum absolute atomic E-state index is 4.39. The Morgan fingerprint density at radius 2 is 1.36 bits per heavy atom. The zero-order valence-corrected chi connectivity index (χ0v) is 14.1. The van der Waals surface area contributed by atoms with Crippen molar-refractivity contribution in [2.75, 3.05) is 7.11 Å². The molecule has 1 aromatic rings. The Morgan fingerprint density at radius 3 is 1.50 bits per heavy atom. The second-order valence-electron chi connectivity index (χ2n) is 2.57. The van der Waals surface area contributed by atoms with E-state index in [4.69, 9.17) is 0 Å². The summed E-state index contributed by atoms with van der Waals surface area (Å²) in [5.41, 5.74) is 2.68. The molecule has 1 rings (SSSR count). The number of hydrogen-bond donors (Lipinski definition) is 0. The van der Waals surface area contributed by atoms with Gasteiger partial charge >= 0.3 is 39.7 Å². The monoisotopic (exact) mass is 260 g/mol. The van der Waals surface area contributed by atoms with E-state index in [1.165, 1.54) is 11.1 Å². The predicted octanol–water partition coefficient (Wildman–Crippen LogP) is -4.89. The van der Waals surface area contributed by atoms with E-state index < -0.39 is 0 Å². The van der Waals surface area contributed by atoms with Crippen molar-refractivity contribution in [3.05, 3.63) is 35.4 Å². The third kappa shape index (κ3) is 15.5. The van der Waals surface area contributed by atoms with Gasteiger partial charge in [0.1, 0.15) is 0 Å². The Morgan fingerprint density at radius 1 is 1.07 bits per heavy atom. The maximum Gasteiger partial charge on any atom is 2.00 e. The molecule has 0 amide bonds. The number of rotatable bonds is 0. The molecule has 0 bridgehead atoms. The van der Waals surface area contributed by atoms with Crippen molar-refractivity contribution < 1.29 is 28.6 Å². The fourth-order valence-electron chi connectivity index (χ4n) is 0.807. The minimum atomic E-state index is 0. The quantitative estimate of drug-likeness (QED) is 0.426. The van der Waals surface area contributed by atoms with E-state index in [-0.39, 0.29) is 47.9 Å². The molecule has 0 saturated heterocycles. The number of hydrogen-bond acceptors (Lipinski definition) is 1. The van der Waals surface area contributed by atoms with Gasteiger partial charge in [-0.1, -0.05) is 35.4 Å². The molecule has 0 aliphatic rings. The average Bonchev–Trinajstić information content (AvgIpc) is 1.88. The molecule has 0 aromatic heterocycles. The van der Waals surface area contributed by atoms with Crippen LogP contribution in [0.3, 0.4) is 0 Å². The van der Waals surface area contributed by atoms with Crippen LogP contribution in [-0.4, -0.2) is 46.8 Å². The van der Waals surface area contributed by atoms with E-state index in [9.17, 15) is 0 Å². The summed E-state index contributed by atoms with van der Waals surface area (Å²) in [6.45, 7) is 4.21. The molecule has 76 valence electrons. The van der Waals surface area contributed by atoms with Crippen molar-refractivity contribution in [2.24, 2.45) is 0 Å². The molecule has 0 aliphatic heterocycles. The van der Waals surface area contributed by atoms with Gasteiger partial charge in [-0.15, -0.1) is 0 Å². The Labute approximate surface area is 124 Å². The van der Waals surface area contributed by atoms with E-state index in [0.29, 0.717) is 0 Å². The molecule has 0 heterocycles. The Balaban J connectivity index is -0.0000000758. The normalized spacial score (nSPS) is 6.50. The minimum absolute atomic E-state index is 0. The first-order valence-electron chi connectivity index (χ1n) is 3.64. The molecule has 14 heavy (non-hydrogen) atoms. The van der Waals surface area contributed by atoms with Gasteiger partial charge in [0.05, 0.1) is 0 Å². The topological polar surface area (TPSA) is 9.23 Å². The van der Waals surface area contributed by atoms with E-state index in [2.05, 4.69) is 41.9 Å². The van der Waals surface area contributed by atoms with Gasteiger partial charge in [-0.05, 0) is 13.8 Å². The summed E-state index contributed by atoms with van der Waals surface area (Å²) in [6.07, 6.45) is 0. The molecule has 0 atom stereocenters. The van der Waals surface area contributed by atoms with Gasteiger partial charge in [0.2, 0.25) is 0 Å². The molecule has 5 heteroatoms. The van der Waals surface area contributed by atoms with Crippen LogP contribution in [0.2, 0.25) is 0 Å². The zero-order valence-electron chi connectivity index (χ0n) is 9.18. The number of benzene rings is 1. The first-order valence-corrected chi connectivity index (χ1v) is 4.45. The third-order valence-corrected chi connectivity index (χ3v) is 1.17. The smallest absolute Gasteiger partial charge is 1.00 e. The van der Waals surface area contributed by atoms with E-state index in [0.717, 1.165) is 16.6 Å². The van der Waals surface area contributed by atoms with Crippen LogP contribution in [-0.2, 0) is 3.79 Å². The fraction of sp³-hybridized carbons (Fsp3) is 0.333. The van der Waals surface area contributed by atoms with Crippen molar-refractivity contribution in [1.82, 2.24) is 0 Å².